The number of aliphatic hydroxyl groups is 1. The molecule has 2 aliphatic rings. The average molecular weight is 379 g/mol. The zero-order valence-corrected chi connectivity index (χ0v) is 15.5. The highest BCUT2D eigenvalue weighted by Gasteiger charge is 2.32. The number of hydrogen-bond acceptors (Lipinski definition) is 7. The first kappa shape index (κ1) is 17.1. The van der Waals surface area contributed by atoms with Gasteiger partial charge in [-0.25, -0.2) is 0 Å². The number of aromatic nitrogens is 2. The number of ether oxygens (including phenoxy) is 2. The lowest BCUT2D eigenvalue weighted by molar-refractivity contribution is 0.143. The van der Waals surface area contributed by atoms with Crippen LogP contribution in [0.25, 0.3) is 11.3 Å². The van der Waals surface area contributed by atoms with Gasteiger partial charge in [-0.3, -0.25) is 4.98 Å². The number of benzene rings is 1. The highest BCUT2D eigenvalue weighted by atomic mass is 16.7. The molecule has 0 saturated carbocycles. The number of rotatable bonds is 4. The van der Waals surface area contributed by atoms with Gasteiger partial charge in [0.05, 0.1) is 17.5 Å². The zero-order chi connectivity index (χ0) is 19.1. The Labute approximate surface area is 162 Å². The van der Waals surface area contributed by atoms with Crippen molar-refractivity contribution in [1.29, 1.82) is 0 Å². The molecule has 0 amide bonds. The minimum Gasteiger partial charge on any atom is -0.454 e. The summed E-state index contributed by atoms with van der Waals surface area (Å²) in [6.07, 6.45) is 2.07. The van der Waals surface area contributed by atoms with E-state index in [-0.39, 0.29) is 12.7 Å². The Morgan fingerprint density at radius 1 is 1.11 bits per heavy atom. The molecule has 2 aliphatic heterocycles. The lowest BCUT2D eigenvalue weighted by Crippen LogP contribution is -2.21. The third-order valence-corrected chi connectivity index (χ3v) is 5.32. The van der Waals surface area contributed by atoms with E-state index < -0.39 is 6.10 Å². The van der Waals surface area contributed by atoms with E-state index in [1.165, 1.54) is 0 Å². The van der Waals surface area contributed by atoms with Gasteiger partial charge in [-0.15, -0.1) is 0 Å². The first-order valence-electron chi connectivity index (χ1n) is 9.37. The number of hydrogen-bond donors (Lipinski definition) is 1. The van der Waals surface area contributed by atoms with Crippen molar-refractivity contribution in [2.24, 2.45) is 5.92 Å². The summed E-state index contributed by atoms with van der Waals surface area (Å²) in [6.45, 7) is 3.50. The van der Waals surface area contributed by atoms with Gasteiger partial charge in [0.2, 0.25) is 6.79 Å². The molecule has 2 atom stereocenters. The van der Waals surface area contributed by atoms with E-state index in [1.54, 1.807) is 6.20 Å². The summed E-state index contributed by atoms with van der Waals surface area (Å²) in [6, 6.07) is 11.8. The van der Waals surface area contributed by atoms with Gasteiger partial charge in [0, 0.05) is 48.9 Å². The van der Waals surface area contributed by atoms with E-state index in [2.05, 4.69) is 15.0 Å². The Kier molecular flexibility index (Phi) is 4.16. The molecule has 0 bridgehead atoms. The second-order valence-electron chi connectivity index (χ2n) is 7.34. The average Bonchev–Trinajstić information content (AvgIpc) is 3.42. The summed E-state index contributed by atoms with van der Waals surface area (Å²) in [4.78, 5) is 6.70. The Bertz CT molecular complexity index is 1000. The fraction of sp³-hybridized carbons (Fsp3) is 0.333. The summed E-state index contributed by atoms with van der Waals surface area (Å²) < 4.78 is 16.2. The fourth-order valence-electron chi connectivity index (χ4n) is 3.87. The second kappa shape index (κ2) is 6.83. The lowest BCUT2D eigenvalue weighted by Gasteiger charge is -2.19. The van der Waals surface area contributed by atoms with Crippen LogP contribution in [-0.2, 0) is 6.42 Å². The molecule has 1 saturated heterocycles. The standard InChI is InChI=1S/C21H21N3O4/c1-13-6-17(28-23-13)7-15-10-24(11-19(15)25)16-4-5-22-18(9-16)14-2-3-20-21(8-14)27-12-26-20/h2-6,8-9,15,19,25H,7,10-12H2,1H3/t15-,19-/m1/s1. The van der Waals surface area contributed by atoms with Crippen molar-refractivity contribution in [2.45, 2.75) is 19.4 Å². The molecule has 0 aliphatic carbocycles. The molecule has 144 valence electrons. The van der Waals surface area contributed by atoms with Crippen LogP contribution >= 0.6 is 0 Å². The van der Waals surface area contributed by atoms with Gasteiger partial charge in [0.1, 0.15) is 5.76 Å². The van der Waals surface area contributed by atoms with Gasteiger partial charge >= 0.3 is 0 Å². The number of fused-ring (bicyclic) bond motifs is 1. The SMILES string of the molecule is Cc1cc(C[C@@H]2CN(c3ccnc(-c4ccc5c(c4)OCO5)c3)C[C@H]2O)on1. The third-order valence-electron chi connectivity index (χ3n) is 5.32. The molecule has 1 aromatic carbocycles. The van der Waals surface area contributed by atoms with Crippen LogP contribution < -0.4 is 14.4 Å². The number of β-amino-alcohol motifs (C(OH)–C–C–N with tert-alkyl or cyclic N) is 1. The van der Waals surface area contributed by atoms with Crippen LogP contribution in [0, 0.1) is 12.8 Å². The highest BCUT2D eigenvalue weighted by molar-refractivity contribution is 5.68. The van der Waals surface area contributed by atoms with Crippen LogP contribution in [0.5, 0.6) is 11.5 Å². The Balaban J connectivity index is 1.35. The van der Waals surface area contributed by atoms with E-state index in [4.69, 9.17) is 14.0 Å². The van der Waals surface area contributed by atoms with Crippen LogP contribution in [-0.4, -0.2) is 41.2 Å². The smallest absolute Gasteiger partial charge is 0.231 e. The molecule has 7 nitrogen and oxygen atoms in total. The summed E-state index contributed by atoms with van der Waals surface area (Å²) in [7, 11) is 0. The number of anilines is 1. The van der Waals surface area contributed by atoms with E-state index in [1.807, 2.05) is 43.3 Å². The lowest BCUT2D eigenvalue weighted by atomic mass is 10.0. The first-order valence-corrected chi connectivity index (χ1v) is 9.37. The van der Waals surface area contributed by atoms with Crippen molar-refractivity contribution in [2.75, 3.05) is 24.8 Å². The van der Waals surface area contributed by atoms with Crippen LogP contribution in [0.2, 0.25) is 0 Å². The minimum atomic E-state index is -0.410. The number of nitrogens with zero attached hydrogens (tertiary/aromatic N) is 3. The molecule has 1 fully saturated rings. The van der Waals surface area contributed by atoms with Gasteiger partial charge < -0.3 is 24.0 Å². The molecule has 1 N–H and O–H groups in total. The van der Waals surface area contributed by atoms with Gasteiger partial charge in [0.15, 0.2) is 11.5 Å². The minimum absolute atomic E-state index is 0.106. The molecule has 0 unspecified atom stereocenters. The molecule has 5 rings (SSSR count). The van der Waals surface area contributed by atoms with Gasteiger partial charge in [-0.1, -0.05) is 5.16 Å². The molecule has 0 radical (unpaired) electrons. The predicted molar refractivity (Wildman–Crippen MR) is 102 cm³/mol. The highest BCUT2D eigenvalue weighted by Crippen LogP contribution is 2.36. The number of aryl methyl sites for hydroxylation is 1. The Morgan fingerprint density at radius 2 is 2.00 bits per heavy atom. The number of pyridine rings is 1. The van der Waals surface area contributed by atoms with Crippen LogP contribution in [0.1, 0.15) is 11.5 Å². The molecular weight excluding hydrogens is 358 g/mol. The molecule has 2 aromatic heterocycles. The summed E-state index contributed by atoms with van der Waals surface area (Å²) >= 11 is 0. The number of aliphatic hydroxyl groups excluding tert-OH is 1. The fourth-order valence-corrected chi connectivity index (χ4v) is 3.87. The molecular formula is C21H21N3O4. The van der Waals surface area contributed by atoms with E-state index >= 15 is 0 Å². The summed E-state index contributed by atoms with van der Waals surface area (Å²) in [5.74, 6) is 2.42. The van der Waals surface area contributed by atoms with E-state index in [9.17, 15) is 5.11 Å². The monoisotopic (exact) mass is 379 g/mol. The quantitative estimate of drug-likeness (QED) is 0.746. The topological polar surface area (TPSA) is 80.9 Å². The van der Waals surface area contributed by atoms with Crippen LogP contribution in [0.4, 0.5) is 5.69 Å². The van der Waals surface area contributed by atoms with Crippen molar-refractivity contribution in [3.05, 3.63) is 54.0 Å². The van der Waals surface area contributed by atoms with Crippen molar-refractivity contribution in [3.63, 3.8) is 0 Å². The van der Waals surface area contributed by atoms with Crippen molar-refractivity contribution in [1.82, 2.24) is 10.1 Å². The molecule has 7 heteroatoms. The molecule has 0 spiro atoms. The maximum atomic E-state index is 10.5. The maximum absolute atomic E-state index is 10.5. The van der Waals surface area contributed by atoms with Crippen molar-refractivity contribution in [3.8, 4) is 22.8 Å². The van der Waals surface area contributed by atoms with Crippen LogP contribution in [0.15, 0.2) is 47.1 Å². The third kappa shape index (κ3) is 3.18. The zero-order valence-electron chi connectivity index (χ0n) is 15.5. The Hall–Kier alpha value is -3.06. The molecule has 28 heavy (non-hydrogen) atoms. The normalized spacial score (nSPS) is 20.7. The Morgan fingerprint density at radius 3 is 2.86 bits per heavy atom. The van der Waals surface area contributed by atoms with Gasteiger partial charge in [-0.2, -0.15) is 0 Å². The predicted octanol–water partition coefficient (Wildman–Crippen LogP) is 2.81. The van der Waals surface area contributed by atoms with Gasteiger partial charge in [-0.05, 0) is 37.3 Å². The van der Waals surface area contributed by atoms with Gasteiger partial charge in [0.25, 0.3) is 0 Å². The van der Waals surface area contributed by atoms with E-state index in [0.29, 0.717) is 13.0 Å². The summed E-state index contributed by atoms with van der Waals surface area (Å²) in [5, 5.41) is 14.5. The molecule has 3 aromatic rings. The summed E-state index contributed by atoms with van der Waals surface area (Å²) in [5.41, 5.74) is 3.74. The largest absolute Gasteiger partial charge is 0.454 e. The van der Waals surface area contributed by atoms with Crippen LogP contribution in [0.3, 0.4) is 0 Å². The second-order valence-corrected chi connectivity index (χ2v) is 7.34. The van der Waals surface area contributed by atoms with Crippen molar-refractivity contribution >= 4 is 5.69 Å². The maximum Gasteiger partial charge on any atom is 0.231 e. The van der Waals surface area contributed by atoms with E-state index in [0.717, 1.165) is 46.4 Å². The van der Waals surface area contributed by atoms with Crippen molar-refractivity contribution < 1.29 is 19.1 Å². The first-order chi connectivity index (χ1) is 13.7. The molecule has 4 heterocycles.